The maximum Gasteiger partial charge on any atom is 0.253 e. The lowest BCUT2D eigenvalue weighted by Gasteiger charge is -2.33. The Labute approximate surface area is 164 Å². The number of rotatable bonds is 5. The minimum atomic E-state index is -0.306. The predicted octanol–water partition coefficient (Wildman–Crippen LogP) is 3.95. The van der Waals surface area contributed by atoms with Crippen molar-refractivity contribution >= 4 is 23.2 Å². The molecule has 0 saturated carbocycles. The Balaban J connectivity index is 1.81. The van der Waals surface area contributed by atoms with E-state index >= 15 is 0 Å². The predicted molar refractivity (Wildman–Crippen MR) is 109 cm³/mol. The fraction of sp³-hybridized carbons (Fsp3) is 0.364. The van der Waals surface area contributed by atoms with E-state index in [0.29, 0.717) is 23.7 Å². The summed E-state index contributed by atoms with van der Waals surface area (Å²) in [6, 6.07) is 11.5. The van der Waals surface area contributed by atoms with Crippen LogP contribution in [0.2, 0.25) is 0 Å². The number of halogens is 1. The third kappa shape index (κ3) is 5.09. The Bertz CT molecular complexity index is 843. The summed E-state index contributed by atoms with van der Waals surface area (Å²) >= 11 is 0. The third-order valence-electron chi connectivity index (χ3n) is 5.05. The molecule has 2 aromatic carbocycles. The zero-order chi connectivity index (χ0) is 20.1. The molecule has 0 atom stereocenters. The van der Waals surface area contributed by atoms with Gasteiger partial charge in [-0.25, -0.2) is 4.39 Å². The maximum atomic E-state index is 13.1. The van der Waals surface area contributed by atoms with E-state index in [9.17, 15) is 14.0 Å². The van der Waals surface area contributed by atoms with Crippen LogP contribution in [-0.4, -0.2) is 24.9 Å². The van der Waals surface area contributed by atoms with E-state index in [-0.39, 0.29) is 17.6 Å². The van der Waals surface area contributed by atoms with Crippen LogP contribution in [0.25, 0.3) is 0 Å². The van der Waals surface area contributed by atoms with Gasteiger partial charge < -0.3 is 15.5 Å². The Morgan fingerprint density at radius 2 is 1.79 bits per heavy atom. The van der Waals surface area contributed by atoms with Crippen molar-refractivity contribution in [3.8, 4) is 0 Å². The summed E-state index contributed by atoms with van der Waals surface area (Å²) in [4.78, 5) is 26.6. The molecule has 6 heteroatoms. The van der Waals surface area contributed by atoms with Gasteiger partial charge in [0.15, 0.2) is 0 Å². The topological polar surface area (TPSA) is 61.4 Å². The van der Waals surface area contributed by atoms with E-state index in [1.807, 2.05) is 12.1 Å². The van der Waals surface area contributed by atoms with Gasteiger partial charge in [0, 0.05) is 37.9 Å². The Morgan fingerprint density at radius 1 is 1.11 bits per heavy atom. The molecule has 0 radical (unpaired) electrons. The number of nitrogens with zero attached hydrogens (tertiary/aromatic N) is 1. The summed E-state index contributed by atoms with van der Waals surface area (Å²) in [6.45, 7) is 5.79. The molecule has 148 valence electrons. The maximum absolute atomic E-state index is 13.1. The van der Waals surface area contributed by atoms with Crippen molar-refractivity contribution in [2.75, 3.05) is 23.3 Å². The zero-order valence-electron chi connectivity index (χ0n) is 16.3. The number of hydrogen-bond acceptors (Lipinski definition) is 3. The number of carbonyl (C=O) groups excluding carboxylic acids is 2. The summed E-state index contributed by atoms with van der Waals surface area (Å²) in [5.74, 6) is -0.0206. The van der Waals surface area contributed by atoms with Crippen molar-refractivity contribution in [2.24, 2.45) is 5.92 Å². The van der Waals surface area contributed by atoms with E-state index < -0.39 is 0 Å². The number of piperidine rings is 1. The minimum Gasteiger partial charge on any atom is -0.371 e. The van der Waals surface area contributed by atoms with E-state index in [2.05, 4.69) is 22.5 Å². The first-order valence-electron chi connectivity index (χ1n) is 9.61. The second-order valence-corrected chi connectivity index (χ2v) is 7.39. The lowest BCUT2D eigenvalue weighted by Crippen LogP contribution is -2.35. The lowest BCUT2D eigenvalue weighted by molar-refractivity contribution is -0.114. The highest BCUT2D eigenvalue weighted by Crippen LogP contribution is 2.28. The minimum absolute atomic E-state index is 0.183. The van der Waals surface area contributed by atoms with Crippen molar-refractivity contribution in [1.82, 2.24) is 5.32 Å². The molecular weight excluding hydrogens is 357 g/mol. The molecule has 2 N–H and O–H groups in total. The highest BCUT2D eigenvalue weighted by Gasteiger charge is 2.21. The summed E-state index contributed by atoms with van der Waals surface area (Å²) in [5, 5.41) is 5.64. The number of hydrogen-bond donors (Lipinski definition) is 2. The van der Waals surface area contributed by atoms with E-state index in [4.69, 9.17) is 0 Å². The molecule has 0 aliphatic carbocycles. The van der Waals surface area contributed by atoms with Gasteiger partial charge in [0.05, 0.1) is 5.56 Å². The fourth-order valence-corrected chi connectivity index (χ4v) is 3.40. The van der Waals surface area contributed by atoms with Crippen LogP contribution in [0.3, 0.4) is 0 Å². The molecule has 5 nitrogen and oxygen atoms in total. The summed E-state index contributed by atoms with van der Waals surface area (Å²) in [7, 11) is 0. The number of nitrogens with one attached hydrogen (secondary N) is 2. The highest BCUT2D eigenvalue weighted by atomic mass is 19.1. The SMILES string of the molecule is CC(=O)Nc1ccc(N2CCC(C)CC2)c(C(=O)NCc2ccc(F)cc2)c1. The molecule has 1 aliphatic heterocycles. The summed E-state index contributed by atoms with van der Waals surface area (Å²) in [5.41, 5.74) is 2.81. The molecule has 1 aliphatic rings. The second kappa shape index (κ2) is 8.87. The van der Waals surface area contributed by atoms with Gasteiger partial charge in [-0.2, -0.15) is 0 Å². The van der Waals surface area contributed by atoms with Gasteiger partial charge in [-0.15, -0.1) is 0 Å². The Morgan fingerprint density at radius 3 is 2.43 bits per heavy atom. The van der Waals surface area contributed by atoms with Gasteiger partial charge in [0.2, 0.25) is 5.91 Å². The van der Waals surface area contributed by atoms with Crippen LogP contribution in [0.4, 0.5) is 15.8 Å². The van der Waals surface area contributed by atoms with Gasteiger partial charge in [-0.05, 0) is 54.7 Å². The van der Waals surface area contributed by atoms with Crippen molar-refractivity contribution in [2.45, 2.75) is 33.2 Å². The molecule has 0 aromatic heterocycles. The molecule has 3 rings (SSSR count). The van der Waals surface area contributed by atoms with Crippen molar-refractivity contribution < 1.29 is 14.0 Å². The zero-order valence-corrected chi connectivity index (χ0v) is 16.3. The first kappa shape index (κ1) is 19.9. The van der Waals surface area contributed by atoms with E-state index in [1.165, 1.54) is 19.1 Å². The Kier molecular flexibility index (Phi) is 6.29. The van der Waals surface area contributed by atoms with Crippen molar-refractivity contribution in [1.29, 1.82) is 0 Å². The number of anilines is 2. The standard InChI is InChI=1S/C22H26FN3O2/c1-15-9-11-26(12-10-15)21-8-7-19(25-16(2)27)13-20(21)22(28)24-14-17-3-5-18(23)6-4-17/h3-8,13,15H,9-12,14H2,1-2H3,(H,24,28)(H,25,27). The van der Waals surface area contributed by atoms with Crippen LogP contribution in [-0.2, 0) is 11.3 Å². The molecule has 28 heavy (non-hydrogen) atoms. The van der Waals surface area contributed by atoms with Crippen LogP contribution < -0.4 is 15.5 Å². The van der Waals surface area contributed by atoms with Crippen LogP contribution in [0.15, 0.2) is 42.5 Å². The van der Waals surface area contributed by atoms with Gasteiger partial charge in [-0.3, -0.25) is 9.59 Å². The van der Waals surface area contributed by atoms with Crippen molar-refractivity contribution in [3.05, 3.63) is 59.4 Å². The van der Waals surface area contributed by atoms with E-state index in [1.54, 1.807) is 18.2 Å². The third-order valence-corrected chi connectivity index (χ3v) is 5.05. The average molecular weight is 383 g/mol. The van der Waals surface area contributed by atoms with Crippen LogP contribution in [0, 0.1) is 11.7 Å². The molecule has 0 spiro atoms. The molecule has 2 aromatic rings. The lowest BCUT2D eigenvalue weighted by atomic mass is 9.97. The average Bonchev–Trinajstić information content (AvgIpc) is 2.67. The molecule has 0 bridgehead atoms. The monoisotopic (exact) mass is 383 g/mol. The molecule has 1 heterocycles. The largest absolute Gasteiger partial charge is 0.371 e. The molecular formula is C22H26FN3O2. The smallest absolute Gasteiger partial charge is 0.253 e. The number of amides is 2. The summed E-state index contributed by atoms with van der Waals surface area (Å²) < 4.78 is 13.1. The first-order chi connectivity index (χ1) is 13.4. The van der Waals surface area contributed by atoms with Gasteiger partial charge in [-0.1, -0.05) is 19.1 Å². The van der Waals surface area contributed by atoms with Crippen LogP contribution >= 0.6 is 0 Å². The highest BCUT2D eigenvalue weighted by molar-refractivity contribution is 6.02. The normalized spacial score (nSPS) is 14.6. The molecule has 0 unspecified atom stereocenters. The van der Waals surface area contributed by atoms with Gasteiger partial charge in [0.25, 0.3) is 5.91 Å². The quantitative estimate of drug-likeness (QED) is 0.822. The first-order valence-corrected chi connectivity index (χ1v) is 9.61. The van der Waals surface area contributed by atoms with Gasteiger partial charge >= 0.3 is 0 Å². The fourth-order valence-electron chi connectivity index (χ4n) is 3.40. The molecule has 1 fully saturated rings. The van der Waals surface area contributed by atoms with Crippen molar-refractivity contribution in [3.63, 3.8) is 0 Å². The van der Waals surface area contributed by atoms with Crippen LogP contribution in [0.5, 0.6) is 0 Å². The molecule has 2 amide bonds. The number of carbonyl (C=O) groups is 2. The van der Waals surface area contributed by atoms with E-state index in [0.717, 1.165) is 37.2 Å². The van der Waals surface area contributed by atoms with Crippen LogP contribution in [0.1, 0.15) is 42.6 Å². The summed E-state index contributed by atoms with van der Waals surface area (Å²) in [6.07, 6.45) is 2.17. The number of benzene rings is 2. The Hall–Kier alpha value is -2.89. The second-order valence-electron chi connectivity index (χ2n) is 7.39. The van der Waals surface area contributed by atoms with Gasteiger partial charge in [0.1, 0.15) is 5.82 Å². The molecule has 1 saturated heterocycles.